The van der Waals surface area contributed by atoms with E-state index in [9.17, 15) is 9.90 Å². The van der Waals surface area contributed by atoms with E-state index in [1.165, 1.54) is 22.0 Å². The Balaban J connectivity index is 1.65. The largest absolute Gasteiger partial charge is 0.460 e. The van der Waals surface area contributed by atoms with Crippen molar-refractivity contribution in [1.29, 1.82) is 0 Å². The average Bonchev–Trinajstić information content (AvgIpc) is 3.00. The number of aliphatic hydroxyl groups is 1. The monoisotopic (exact) mass is 398 g/mol. The fourth-order valence-electron chi connectivity index (χ4n) is 5.21. The summed E-state index contributed by atoms with van der Waals surface area (Å²) < 4.78 is 7.96. The number of hydrogen-bond acceptors (Lipinski definition) is 4. The Bertz CT molecular complexity index is 901. The van der Waals surface area contributed by atoms with Gasteiger partial charge in [-0.25, -0.2) is 0 Å². The SMILES string of the molecule is CC(C)Cn1cc2c3c(cccc31)C1CC(C(=O)OC(C)C(C)O)CN(C)C1C2. The molecule has 2 aliphatic rings. The number of aromatic nitrogens is 1. The molecule has 0 spiro atoms. The van der Waals surface area contributed by atoms with Gasteiger partial charge in [0.25, 0.3) is 0 Å². The van der Waals surface area contributed by atoms with Crippen molar-refractivity contribution >= 4 is 16.9 Å². The molecule has 29 heavy (non-hydrogen) atoms. The minimum absolute atomic E-state index is 0.156. The highest BCUT2D eigenvalue weighted by atomic mass is 16.6. The summed E-state index contributed by atoms with van der Waals surface area (Å²) in [7, 11) is 2.13. The lowest BCUT2D eigenvalue weighted by molar-refractivity contribution is -0.160. The summed E-state index contributed by atoms with van der Waals surface area (Å²) in [6.07, 6.45) is 3.07. The van der Waals surface area contributed by atoms with E-state index in [4.69, 9.17) is 4.74 Å². The Labute approximate surface area is 173 Å². The van der Waals surface area contributed by atoms with E-state index in [0.29, 0.717) is 24.4 Å². The van der Waals surface area contributed by atoms with E-state index in [1.54, 1.807) is 13.8 Å². The molecule has 2 aromatic rings. The van der Waals surface area contributed by atoms with Crippen LogP contribution in [0.5, 0.6) is 0 Å². The number of ether oxygens (including phenoxy) is 1. The van der Waals surface area contributed by atoms with Gasteiger partial charge in [0, 0.05) is 42.1 Å². The molecule has 0 bridgehead atoms. The lowest BCUT2D eigenvalue weighted by Gasteiger charge is -2.45. The first kappa shape index (κ1) is 20.4. The molecule has 1 saturated heterocycles. The lowest BCUT2D eigenvalue weighted by Crippen LogP contribution is -2.50. The number of carbonyl (C=O) groups is 1. The molecule has 0 amide bonds. The molecule has 2 heterocycles. The van der Waals surface area contributed by atoms with Gasteiger partial charge in [0.15, 0.2) is 0 Å². The second-order valence-corrected chi connectivity index (χ2v) is 9.57. The number of esters is 1. The smallest absolute Gasteiger partial charge is 0.310 e. The first-order valence-corrected chi connectivity index (χ1v) is 11.0. The third-order valence-electron chi connectivity index (χ3n) is 6.80. The summed E-state index contributed by atoms with van der Waals surface area (Å²) in [6.45, 7) is 9.66. The van der Waals surface area contributed by atoms with Gasteiger partial charge in [-0.05, 0) is 56.8 Å². The van der Waals surface area contributed by atoms with Gasteiger partial charge in [-0.15, -0.1) is 0 Å². The maximum atomic E-state index is 12.8. The van der Waals surface area contributed by atoms with Crippen LogP contribution >= 0.6 is 0 Å². The van der Waals surface area contributed by atoms with Crippen LogP contribution in [0.15, 0.2) is 24.4 Å². The molecule has 1 aromatic heterocycles. The highest BCUT2D eigenvalue weighted by molar-refractivity contribution is 5.89. The Kier molecular flexibility index (Phi) is 5.47. The summed E-state index contributed by atoms with van der Waals surface area (Å²) in [6, 6.07) is 7.06. The third kappa shape index (κ3) is 3.71. The summed E-state index contributed by atoms with van der Waals surface area (Å²) in [5, 5.41) is 11.1. The van der Waals surface area contributed by atoms with E-state index >= 15 is 0 Å². The normalized spacial score (nSPS) is 26.4. The van der Waals surface area contributed by atoms with Crippen LogP contribution in [0.25, 0.3) is 10.9 Å². The Morgan fingerprint density at radius 2 is 2.03 bits per heavy atom. The van der Waals surface area contributed by atoms with E-state index in [-0.39, 0.29) is 11.9 Å². The van der Waals surface area contributed by atoms with Crippen molar-refractivity contribution < 1.29 is 14.6 Å². The van der Waals surface area contributed by atoms with Gasteiger partial charge < -0.3 is 19.3 Å². The molecule has 158 valence electrons. The molecule has 1 aromatic carbocycles. The number of likely N-dealkylation sites (N-methyl/N-ethyl adjacent to an activating group) is 1. The molecule has 5 atom stereocenters. The molecule has 1 aliphatic carbocycles. The number of aliphatic hydroxyl groups excluding tert-OH is 1. The summed E-state index contributed by atoms with van der Waals surface area (Å²) >= 11 is 0. The van der Waals surface area contributed by atoms with Crippen molar-refractivity contribution in [2.75, 3.05) is 13.6 Å². The Hall–Kier alpha value is -1.85. The van der Waals surface area contributed by atoms with E-state index in [2.05, 4.69) is 54.8 Å². The molecule has 4 rings (SSSR count). The molecule has 1 N–H and O–H groups in total. The van der Waals surface area contributed by atoms with Gasteiger partial charge in [0.1, 0.15) is 6.10 Å². The quantitative estimate of drug-likeness (QED) is 0.783. The maximum absolute atomic E-state index is 12.8. The van der Waals surface area contributed by atoms with E-state index in [0.717, 1.165) is 19.4 Å². The lowest BCUT2D eigenvalue weighted by atomic mass is 9.72. The summed E-state index contributed by atoms with van der Waals surface area (Å²) in [4.78, 5) is 15.1. The number of hydrogen-bond donors (Lipinski definition) is 1. The molecule has 1 aliphatic heterocycles. The van der Waals surface area contributed by atoms with Crippen molar-refractivity contribution in [2.45, 2.75) is 71.2 Å². The van der Waals surface area contributed by atoms with Crippen LogP contribution in [-0.2, 0) is 22.5 Å². The van der Waals surface area contributed by atoms with Crippen molar-refractivity contribution in [3.05, 3.63) is 35.5 Å². The molecule has 5 nitrogen and oxygen atoms in total. The number of likely N-dealkylation sites (tertiary alicyclic amines) is 1. The number of piperidine rings is 1. The van der Waals surface area contributed by atoms with Crippen molar-refractivity contribution in [2.24, 2.45) is 11.8 Å². The topological polar surface area (TPSA) is 54.7 Å². The zero-order valence-electron chi connectivity index (χ0n) is 18.3. The van der Waals surface area contributed by atoms with E-state index < -0.39 is 12.2 Å². The Morgan fingerprint density at radius 3 is 2.72 bits per heavy atom. The minimum atomic E-state index is -0.653. The van der Waals surface area contributed by atoms with Crippen LogP contribution in [-0.4, -0.2) is 52.4 Å². The van der Waals surface area contributed by atoms with Crippen molar-refractivity contribution in [3.8, 4) is 0 Å². The number of benzene rings is 1. The van der Waals surface area contributed by atoms with Crippen LogP contribution in [0.2, 0.25) is 0 Å². The fourth-order valence-corrected chi connectivity index (χ4v) is 5.21. The zero-order valence-corrected chi connectivity index (χ0v) is 18.3. The number of fused-ring (bicyclic) bond motifs is 2. The zero-order chi connectivity index (χ0) is 20.9. The van der Waals surface area contributed by atoms with Crippen molar-refractivity contribution in [1.82, 2.24) is 9.47 Å². The molecule has 5 unspecified atom stereocenters. The van der Waals surface area contributed by atoms with Gasteiger partial charge in [0.05, 0.1) is 12.0 Å². The average molecular weight is 399 g/mol. The predicted octanol–water partition coefficient (Wildman–Crippen LogP) is 3.57. The highest BCUT2D eigenvalue weighted by Crippen LogP contribution is 2.45. The fraction of sp³-hybridized carbons (Fsp3) is 0.625. The molecule has 5 heteroatoms. The first-order valence-electron chi connectivity index (χ1n) is 11.0. The highest BCUT2D eigenvalue weighted by Gasteiger charge is 2.42. The molecule has 1 fully saturated rings. The van der Waals surface area contributed by atoms with Gasteiger partial charge in [-0.3, -0.25) is 4.79 Å². The Morgan fingerprint density at radius 1 is 1.28 bits per heavy atom. The van der Waals surface area contributed by atoms with Crippen molar-refractivity contribution in [3.63, 3.8) is 0 Å². The number of rotatable bonds is 5. The molecule has 0 radical (unpaired) electrons. The van der Waals surface area contributed by atoms with Crippen LogP contribution in [0, 0.1) is 11.8 Å². The van der Waals surface area contributed by atoms with Gasteiger partial charge in [-0.2, -0.15) is 0 Å². The van der Waals surface area contributed by atoms with Crippen LogP contribution in [0.4, 0.5) is 0 Å². The minimum Gasteiger partial charge on any atom is -0.460 e. The molecular formula is C24H34N2O3. The molecular weight excluding hydrogens is 364 g/mol. The van der Waals surface area contributed by atoms with Gasteiger partial charge in [-0.1, -0.05) is 26.0 Å². The molecule has 0 saturated carbocycles. The van der Waals surface area contributed by atoms with E-state index in [1.807, 2.05) is 0 Å². The van der Waals surface area contributed by atoms with Crippen LogP contribution in [0.3, 0.4) is 0 Å². The predicted molar refractivity (Wildman–Crippen MR) is 115 cm³/mol. The number of nitrogens with zero attached hydrogens (tertiary/aromatic N) is 2. The van der Waals surface area contributed by atoms with Crippen LogP contribution < -0.4 is 0 Å². The second-order valence-electron chi connectivity index (χ2n) is 9.57. The van der Waals surface area contributed by atoms with Crippen LogP contribution in [0.1, 0.15) is 51.2 Å². The third-order valence-corrected chi connectivity index (χ3v) is 6.80. The first-order chi connectivity index (χ1) is 13.8. The number of carbonyl (C=O) groups excluding carboxylic acids is 1. The summed E-state index contributed by atoms with van der Waals surface area (Å²) in [5.41, 5.74) is 4.14. The summed E-state index contributed by atoms with van der Waals surface area (Å²) in [5.74, 6) is 0.596. The van der Waals surface area contributed by atoms with Gasteiger partial charge in [0.2, 0.25) is 0 Å². The maximum Gasteiger partial charge on any atom is 0.310 e. The standard InChI is InChI=1S/C24H34N2O3/c1-14(2)11-26-13-17-10-22-20(19-7-6-8-21(26)23(17)19)9-18(12-25(22)5)24(28)29-16(4)15(3)27/h6-8,13-16,18,20,22,27H,9-12H2,1-5H3. The van der Waals surface area contributed by atoms with Gasteiger partial charge >= 0.3 is 5.97 Å². The second kappa shape index (κ2) is 7.77.